The first kappa shape index (κ1) is 19.6. The molecule has 0 radical (unpaired) electrons. The molecule has 0 fully saturated rings. The zero-order chi connectivity index (χ0) is 20.0. The fraction of sp³-hybridized carbons (Fsp3) is 0.158. The second-order valence-electron chi connectivity index (χ2n) is 5.54. The van der Waals surface area contributed by atoms with Gasteiger partial charge in [0.25, 0.3) is 0 Å². The predicted octanol–water partition coefficient (Wildman–Crippen LogP) is 2.37. The van der Waals surface area contributed by atoms with Crippen LogP contribution in [0.5, 0.6) is 23.0 Å². The smallest absolute Gasteiger partial charge is 0.331 e. The first-order valence-corrected chi connectivity index (χ1v) is 7.79. The van der Waals surface area contributed by atoms with Gasteiger partial charge in [-0.2, -0.15) is 0 Å². The molecule has 1 unspecified atom stereocenters. The van der Waals surface area contributed by atoms with Crippen LogP contribution < -0.4 is 0 Å². The lowest BCUT2D eigenvalue weighted by Gasteiger charge is -2.17. The van der Waals surface area contributed by atoms with E-state index in [1.165, 1.54) is 49.6 Å². The first-order valence-electron chi connectivity index (χ1n) is 7.79. The Morgan fingerprint density at radius 2 is 1.59 bits per heavy atom. The molecule has 0 spiro atoms. The predicted molar refractivity (Wildman–Crippen MR) is 94.0 cm³/mol. The van der Waals surface area contributed by atoms with E-state index in [-0.39, 0.29) is 23.7 Å². The van der Waals surface area contributed by atoms with Crippen LogP contribution in [0.4, 0.5) is 0 Å². The van der Waals surface area contributed by atoms with Crippen molar-refractivity contribution in [3.63, 3.8) is 0 Å². The SMILES string of the molecule is COC(=O)CC(OC(=O)C=Cc1ccc(O)c(O)c1)c1ccc(O)c(O)c1. The highest BCUT2D eigenvalue weighted by Gasteiger charge is 2.21. The molecule has 142 valence electrons. The number of esters is 2. The van der Waals surface area contributed by atoms with Crippen LogP contribution in [0, 0.1) is 0 Å². The lowest BCUT2D eigenvalue weighted by molar-refractivity contribution is -0.150. The number of phenols is 4. The normalized spacial score (nSPS) is 11.9. The zero-order valence-electron chi connectivity index (χ0n) is 14.3. The summed E-state index contributed by atoms with van der Waals surface area (Å²) in [7, 11) is 1.19. The van der Waals surface area contributed by atoms with E-state index < -0.39 is 23.8 Å². The number of aromatic hydroxyl groups is 4. The van der Waals surface area contributed by atoms with Crippen molar-refractivity contribution in [1.82, 2.24) is 0 Å². The highest BCUT2D eigenvalue weighted by molar-refractivity contribution is 5.87. The minimum absolute atomic E-state index is 0.291. The van der Waals surface area contributed by atoms with Gasteiger partial charge in [0.1, 0.15) is 6.10 Å². The largest absolute Gasteiger partial charge is 0.504 e. The van der Waals surface area contributed by atoms with Gasteiger partial charge in [-0.05, 0) is 41.5 Å². The van der Waals surface area contributed by atoms with Crippen molar-refractivity contribution >= 4 is 18.0 Å². The molecule has 27 heavy (non-hydrogen) atoms. The third-order valence-corrected chi connectivity index (χ3v) is 3.62. The number of carbonyl (C=O) groups is 2. The van der Waals surface area contributed by atoms with E-state index in [1.54, 1.807) is 0 Å². The van der Waals surface area contributed by atoms with E-state index >= 15 is 0 Å². The van der Waals surface area contributed by atoms with Gasteiger partial charge < -0.3 is 29.9 Å². The van der Waals surface area contributed by atoms with Crippen molar-refractivity contribution in [2.24, 2.45) is 0 Å². The summed E-state index contributed by atoms with van der Waals surface area (Å²) in [6, 6.07) is 7.78. The molecule has 0 bridgehead atoms. The molecule has 0 amide bonds. The summed E-state index contributed by atoms with van der Waals surface area (Å²) in [6.45, 7) is 0. The molecule has 8 heteroatoms. The molecule has 2 aromatic carbocycles. The van der Waals surface area contributed by atoms with Gasteiger partial charge in [0.2, 0.25) is 0 Å². The Bertz CT molecular complexity index is 872. The molecule has 2 aromatic rings. The topological polar surface area (TPSA) is 134 Å². The van der Waals surface area contributed by atoms with Crippen LogP contribution >= 0.6 is 0 Å². The van der Waals surface area contributed by atoms with Gasteiger partial charge in [-0.1, -0.05) is 12.1 Å². The van der Waals surface area contributed by atoms with Gasteiger partial charge in [-0.15, -0.1) is 0 Å². The van der Waals surface area contributed by atoms with Gasteiger partial charge in [-0.3, -0.25) is 4.79 Å². The van der Waals surface area contributed by atoms with Crippen molar-refractivity contribution in [2.75, 3.05) is 7.11 Å². The summed E-state index contributed by atoms with van der Waals surface area (Å²) >= 11 is 0. The Labute approximate surface area is 154 Å². The number of hydrogen-bond acceptors (Lipinski definition) is 8. The monoisotopic (exact) mass is 374 g/mol. The van der Waals surface area contributed by atoms with Crippen molar-refractivity contribution < 1.29 is 39.5 Å². The molecule has 0 aromatic heterocycles. The van der Waals surface area contributed by atoms with E-state index in [2.05, 4.69) is 4.74 Å². The summed E-state index contributed by atoms with van der Waals surface area (Å²) in [5, 5.41) is 37.7. The van der Waals surface area contributed by atoms with Crippen LogP contribution in [0.1, 0.15) is 23.7 Å². The number of ether oxygens (including phenoxy) is 2. The molecular weight excluding hydrogens is 356 g/mol. The standard InChI is InChI=1S/C19H18O8/c1-26-19(25)10-17(12-4-6-14(21)16(23)9-12)27-18(24)7-3-11-2-5-13(20)15(22)8-11/h2-9,17,20-23H,10H2,1H3. The molecular formula is C19H18O8. The summed E-state index contributed by atoms with van der Waals surface area (Å²) in [6.07, 6.45) is 1.09. The highest BCUT2D eigenvalue weighted by Crippen LogP contribution is 2.31. The highest BCUT2D eigenvalue weighted by atomic mass is 16.6. The molecule has 0 aliphatic carbocycles. The Hall–Kier alpha value is -3.68. The quantitative estimate of drug-likeness (QED) is 0.344. The Morgan fingerprint density at radius 3 is 2.19 bits per heavy atom. The summed E-state index contributed by atoms with van der Waals surface area (Å²) in [5.74, 6) is -2.83. The van der Waals surface area contributed by atoms with Crippen LogP contribution in [0.2, 0.25) is 0 Å². The van der Waals surface area contributed by atoms with Gasteiger partial charge in [-0.25, -0.2) is 4.79 Å². The lowest BCUT2D eigenvalue weighted by Crippen LogP contribution is -2.15. The number of phenolic OH excluding ortho intramolecular Hbond substituents is 4. The van der Waals surface area contributed by atoms with Crippen molar-refractivity contribution in [3.8, 4) is 23.0 Å². The maximum atomic E-state index is 12.1. The van der Waals surface area contributed by atoms with E-state index in [0.29, 0.717) is 11.1 Å². The number of methoxy groups -OCH3 is 1. The van der Waals surface area contributed by atoms with Gasteiger partial charge in [0, 0.05) is 6.08 Å². The lowest BCUT2D eigenvalue weighted by atomic mass is 10.1. The molecule has 4 N–H and O–H groups in total. The van der Waals surface area contributed by atoms with E-state index in [0.717, 1.165) is 6.08 Å². The van der Waals surface area contributed by atoms with Crippen LogP contribution in [0.3, 0.4) is 0 Å². The third-order valence-electron chi connectivity index (χ3n) is 3.62. The van der Waals surface area contributed by atoms with Gasteiger partial charge in [0.05, 0.1) is 13.5 Å². The minimum atomic E-state index is -1.05. The van der Waals surface area contributed by atoms with Crippen LogP contribution in [0.15, 0.2) is 42.5 Å². The Morgan fingerprint density at radius 1 is 0.963 bits per heavy atom. The van der Waals surface area contributed by atoms with Crippen LogP contribution in [-0.4, -0.2) is 39.5 Å². The maximum Gasteiger partial charge on any atom is 0.331 e. The maximum absolute atomic E-state index is 12.1. The molecule has 1 atom stereocenters. The molecule has 0 saturated heterocycles. The molecule has 0 heterocycles. The van der Waals surface area contributed by atoms with E-state index in [9.17, 15) is 30.0 Å². The molecule has 0 aliphatic rings. The molecule has 0 aliphatic heterocycles. The van der Waals surface area contributed by atoms with Gasteiger partial charge >= 0.3 is 11.9 Å². The molecule has 0 saturated carbocycles. The summed E-state index contributed by atoms with van der Waals surface area (Å²) in [5.41, 5.74) is 0.730. The zero-order valence-corrected chi connectivity index (χ0v) is 14.3. The fourth-order valence-electron chi connectivity index (χ4n) is 2.19. The number of benzene rings is 2. The van der Waals surface area contributed by atoms with Crippen molar-refractivity contribution in [2.45, 2.75) is 12.5 Å². The Kier molecular flexibility index (Phi) is 6.27. The van der Waals surface area contributed by atoms with E-state index in [1.807, 2.05) is 0 Å². The molecule has 2 rings (SSSR count). The Balaban J connectivity index is 2.16. The summed E-state index contributed by atoms with van der Waals surface area (Å²) < 4.78 is 9.83. The first-order chi connectivity index (χ1) is 12.8. The van der Waals surface area contributed by atoms with Crippen LogP contribution in [-0.2, 0) is 19.1 Å². The number of rotatable bonds is 6. The third kappa shape index (κ3) is 5.40. The number of carbonyl (C=O) groups excluding carboxylic acids is 2. The fourth-order valence-corrected chi connectivity index (χ4v) is 2.19. The average Bonchev–Trinajstić information content (AvgIpc) is 2.64. The average molecular weight is 374 g/mol. The second-order valence-corrected chi connectivity index (χ2v) is 5.54. The minimum Gasteiger partial charge on any atom is -0.504 e. The van der Waals surface area contributed by atoms with Crippen molar-refractivity contribution in [1.29, 1.82) is 0 Å². The second kappa shape index (κ2) is 8.61. The van der Waals surface area contributed by atoms with E-state index in [4.69, 9.17) is 4.74 Å². The number of hydrogen-bond donors (Lipinski definition) is 4. The summed E-state index contributed by atoms with van der Waals surface area (Å²) in [4.78, 5) is 23.7. The van der Waals surface area contributed by atoms with Gasteiger partial charge in [0.15, 0.2) is 23.0 Å². The van der Waals surface area contributed by atoms with Crippen LogP contribution in [0.25, 0.3) is 6.08 Å². The van der Waals surface area contributed by atoms with Crippen molar-refractivity contribution in [3.05, 3.63) is 53.6 Å². The molecule has 8 nitrogen and oxygen atoms in total.